The first-order valence-corrected chi connectivity index (χ1v) is 8.48. The molecule has 0 bridgehead atoms. The van der Waals surface area contributed by atoms with Crippen LogP contribution in [0.1, 0.15) is 5.56 Å². The number of aryl methyl sites for hydroxylation is 1. The van der Waals surface area contributed by atoms with Crippen LogP contribution in [0, 0.1) is 6.92 Å². The van der Waals surface area contributed by atoms with Crippen molar-refractivity contribution in [1.82, 2.24) is 4.98 Å². The van der Waals surface area contributed by atoms with Gasteiger partial charge in [0.1, 0.15) is 12.3 Å². The van der Waals surface area contributed by atoms with E-state index >= 15 is 0 Å². The van der Waals surface area contributed by atoms with Gasteiger partial charge < -0.3 is 16.2 Å². The van der Waals surface area contributed by atoms with Crippen LogP contribution in [-0.2, 0) is 10.0 Å². The quantitative estimate of drug-likeness (QED) is 0.850. The Bertz CT molecular complexity index is 793. The van der Waals surface area contributed by atoms with Gasteiger partial charge in [-0.25, -0.2) is 13.4 Å². The summed E-state index contributed by atoms with van der Waals surface area (Å²) in [5.41, 5.74) is 11.9. The highest BCUT2D eigenvalue weighted by Gasteiger charge is 2.31. The number of hydrogen-bond donors (Lipinski definition) is 2. The van der Waals surface area contributed by atoms with E-state index in [0.29, 0.717) is 11.4 Å². The molecule has 3 rings (SSSR count). The van der Waals surface area contributed by atoms with Gasteiger partial charge in [0, 0.05) is 0 Å². The second-order valence-corrected chi connectivity index (χ2v) is 6.70. The van der Waals surface area contributed by atoms with Crippen molar-refractivity contribution in [2.24, 2.45) is 5.73 Å². The second kappa shape index (κ2) is 6.84. The molecule has 0 atom stereocenters. The smallest absolute Gasteiger partial charge is 0.264 e. The summed E-state index contributed by atoms with van der Waals surface area (Å²) in [7, 11) is -2.16. The van der Waals surface area contributed by atoms with Gasteiger partial charge in [0.25, 0.3) is 10.0 Å². The zero-order valence-electron chi connectivity index (χ0n) is 13.1. The molecule has 0 spiro atoms. The van der Waals surface area contributed by atoms with E-state index < -0.39 is 10.0 Å². The van der Waals surface area contributed by atoms with Gasteiger partial charge in [0.15, 0.2) is 0 Å². The van der Waals surface area contributed by atoms with Crippen LogP contribution in [0.3, 0.4) is 0 Å². The number of nitrogen functional groups attached to an aromatic ring is 1. The first kappa shape index (κ1) is 17.0. The molecule has 2 heterocycles. The number of pyridine rings is 1. The van der Waals surface area contributed by atoms with E-state index in [1.807, 2.05) is 13.0 Å². The van der Waals surface area contributed by atoms with Crippen LogP contribution < -0.4 is 20.5 Å². The number of nitrogens with zero attached hydrogens (tertiary/aromatic N) is 2. The van der Waals surface area contributed by atoms with Gasteiger partial charge in [-0.1, -0.05) is 12.1 Å². The molecule has 0 radical (unpaired) electrons. The fourth-order valence-corrected chi connectivity index (χ4v) is 3.79. The Morgan fingerprint density at radius 1 is 1.26 bits per heavy atom. The standard InChI is InChI=1S/C14H15N3O3S.CH5N/c1-10-3-2-4-12(7-10)21(18,19)17-5-6-20-14-13(17)8-11(15)9-16-14;1-2/h2-4,7-9H,5-6,15H2,1H3;2H2,1H3. The van der Waals surface area contributed by atoms with E-state index in [1.54, 1.807) is 24.3 Å². The molecule has 124 valence electrons. The molecule has 2 aromatic rings. The monoisotopic (exact) mass is 336 g/mol. The Morgan fingerprint density at radius 2 is 2.00 bits per heavy atom. The first-order chi connectivity index (χ1) is 11.0. The molecule has 0 unspecified atom stereocenters. The Labute approximate surface area is 135 Å². The highest BCUT2D eigenvalue weighted by atomic mass is 32.2. The van der Waals surface area contributed by atoms with Crippen molar-refractivity contribution in [3.63, 3.8) is 0 Å². The summed E-state index contributed by atoms with van der Waals surface area (Å²) in [6.45, 7) is 2.34. The van der Waals surface area contributed by atoms with Crippen LogP contribution in [0.4, 0.5) is 11.4 Å². The zero-order chi connectivity index (χ0) is 17.0. The minimum absolute atomic E-state index is 0.231. The Hall–Kier alpha value is -2.32. The maximum atomic E-state index is 12.8. The summed E-state index contributed by atoms with van der Waals surface area (Å²) in [5.74, 6) is 0.284. The number of fused-ring (bicyclic) bond motifs is 1. The van der Waals surface area contributed by atoms with Crippen molar-refractivity contribution in [2.45, 2.75) is 11.8 Å². The van der Waals surface area contributed by atoms with Crippen molar-refractivity contribution in [3.05, 3.63) is 42.1 Å². The van der Waals surface area contributed by atoms with Crippen LogP contribution in [0.15, 0.2) is 41.4 Å². The van der Waals surface area contributed by atoms with E-state index in [-0.39, 0.29) is 23.9 Å². The van der Waals surface area contributed by atoms with Crippen molar-refractivity contribution in [2.75, 3.05) is 30.2 Å². The third-order valence-corrected chi connectivity index (χ3v) is 5.04. The third-order valence-electron chi connectivity index (χ3n) is 3.23. The van der Waals surface area contributed by atoms with Gasteiger partial charge in [-0.05, 0) is 37.7 Å². The minimum Gasteiger partial charge on any atom is -0.474 e. The maximum absolute atomic E-state index is 12.8. The van der Waals surface area contributed by atoms with Crippen LogP contribution in [-0.4, -0.2) is 33.6 Å². The lowest BCUT2D eigenvalue weighted by Gasteiger charge is -2.29. The lowest BCUT2D eigenvalue weighted by molar-refractivity contribution is 0.303. The van der Waals surface area contributed by atoms with Gasteiger partial charge in [0.2, 0.25) is 5.88 Å². The Balaban J connectivity index is 0.000000924. The molecule has 1 aromatic heterocycles. The number of nitrogens with two attached hydrogens (primary N) is 2. The predicted octanol–water partition coefficient (Wildman–Crippen LogP) is 1.13. The summed E-state index contributed by atoms with van der Waals surface area (Å²) in [6, 6.07) is 8.36. The van der Waals surface area contributed by atoms with Crippen molar-refractivity contribution in [1.29, 1.82) is 0 Å². The van der Waals surface area contributed by atoms with E-state index in [4.69, 9.17) is 10.5 Å². The zero-order valence-corrected chi connectivity index (χ0v) is 13.9. The number of anilines is 2. The van der Waals surface area contributed by atoms with Crippen molar-refractivity contribution in [3.8, 4) is 5.88 Å². The van der Waals surface area contributed by atoms with Crippen molar-refractivity contribution >= 4 is 21.4 Å². The molecule has 0 saturated carbocycles. The highest BCUT2D eigenvalue weighted by molar-refractivity contribution is 7.92. The molecule has 1 aromatic carbocycles. The summed E-state index contributed by atoms with van der Waals surface area (Å²) in [4.78, 5) is 4.29. The Morgan fingerprint density at radius 3 is 2.70 bits per heavy atom. The first-order valence-electron chi connectivity index (χ1n) is 7.04. The average Bonchev–Trinajstić information content (AvgIpc) is 2.56. The second-order valence-electron chi connectivity index (χ2n) is 4.84. The molecule has 0 aliphatic carbocycles. The van der Waals surface area contributed by atoms with Gasteiger partial charge in [0.05, 0.1) is 23.3 Å². The molecule has 0 fully saturated rings. The summed E-state index contributed by atoms with van der Waals surface area (Å²) >= 11 is 0. The molecular weight excluding hydrogens is 316 g/mol. The number of hydrogen-bond acceptors (Lipinski definition) is 6. The highest BCUT2D eigenvalue weighted by Crippen LogP contribution is 2.34. The molecule has 7 nitrogen and oxygen atoms in total. The molecule has 1 aliphatic rings. The molecule has 23 heavy (non-hydrogen) atoms. The fraction of sp³-hybridized carbons (Fsp3) is 0.267. The Kier molecular flexibility index (Phi) is 5.07. The average molecular weight is 336 g/mol. The normalized spacial score (nSPS) is 13.4. The number of aromatic nitrogens is 1. The van der Waals surface area contributed by atoms with E-state index in [9.17, 15) is 8.42 Å². The number of sulfonamides is 1. The van der Waals surface area contributed by atoms with E-state index in [1.165, 1.54) is 17.5 Å². The van der Waals surface area contributed by atoms with Crippen molar-refractivity contribution < 1.29 is 13.2 Å². The van der Waals surface area contributed by atoms with Crippen LogP contribution in [0.5, 0.6) is 5.88 Å². The maximum Gasteiger partial charge on any atom is 0.264 e. The minimum atomic E-state index is -3.66. The van der Waals surface area contributed by atoms with Gasteiger partial charge in [-0.3, -0.25) is 4.31 Å². The SMILES string of the molecule is CN.Cc1cccc(S(=O)(=O)N2CCOc3ncc(N)cc32)c1. The summed E-state index contributed by atoms with van der Waals surface area (Å²) in [6.07, 6.45) is 1.45. The lowest BCUT2D eigenvalue weighted by atomic mass is 10.2. The number of benzene rings is 1. The largest absolute Gasteiger partial charge is 0.474 e. The molecule has 1 aliphatic heterocycles. The van der Waals surface area contributed by atoms with E-state index in [2.05, 4.69) is 10.7 Å². The number of ether oxygens (including phenoxy) is 1. The molecule has 8 heteroatoms. The summed E-state index contributed by atoms with van der Waals surface area (Å²) in [5, 5.41) is 0. The van der Waals surface area contributed by atoms with Gasteiger partial charge in [-0.2, -0.15) is 0 Å². The predicted molar refractivity (Wildman–Crippen MR) is 90.0 cm³/mol. The number of rotatable bonds is 2. The summed E-state index contributed by atoms with van der Waals surface area (Å²) < 4.78 is 32.3. The van der Waals surface area contributed by atoms with E-state index in [0.717, 1.165) is 5.56 Å². The fourth-order valence-electron chi connectivity index (χ4n) is 2.24. The van der Waals surface area contributed by atoms with Gasteiger partial charge >= 0.3 is 0 Å². The molecule has 0 amide bonds. The van der Waals surface area contributed by atoms with Gasteiger partial charge in [-0.15, -0.1) is 0 Å². The molecule has 4 N–H and O–H groups in total. The van der Waals surface area contributed by atoms with Crippen LogP contribution in [0.2, 0.25) is 0 Å². The van der Waals surface area contributed by atoms with Crippen LogP contribution >= 0.6 is 0 Å². The molecule has 0 saturated heterocycles. The van der Waals surface area contributed by atoms with Crippen LogP contribution in [0.25, 0.3) is 0 Å². The topological polar surface area (TPSA) is 112 Å². The lowest BCUT2D eigenvalue weighted by Crippen LogP contribution is -2.38. The third kappa shape index (κ3) is 3.38. The molecular formula is C15H20N4O3S.